The predicted molar refractivity (Wildman–Crippen MR) is 94.7 cm³/mol. The molecule has 0 spiro atoms. The van der Waals surface area contributed by atoms with E-state index >= 15 is 0 Å². The van der Waals surface area contributed by atoms with Crippen molar-refractivity contribution in [2.24, 2.45) is 17.6 Å². The highest BCUT2D eigenvalue weighted by Crippen LogP contribution is 2.42. The van der Waals surface area contributed by atoms with Crippen LogP contribution in [-0.4, -0.2) is 51.5 Å². The molecule has 0 aromatic heterocycles. The highest BCUT2D eigenvalue weighted by Gasteiger charge is 2.44. The van der Waals surface area contributed by atoms with Gasteiger partial charge in [-0.05, 0) is 24.7 Å². The summed E-state index contributed by atoms with van der Waals surface area (Å²) in [4.78, 5) is 11.5. The molecule has 3 unspecified atom stereocenters. The van der Waals surface area contributed by atoms with Gasteiger partial charge < -0.3 is 20.5 Å². The quantitative estimate of drug-likeness (QED) is 0.800. The first-order chi connectivity index (χ1) is 12.4. The zero-order valence-electron chi connectivity index (χ0n) is 14.6. The van der Waals surface area contributed by atoms with E-state index in [1.807, 2.05) is 0 Å². The van der Waals surface area contributed by atoms with Crippen LogP contribution in [0.15, 0.2) is 17.0 Å². The molecule has 0 radical (unpaired) electrons. The minimum absolute atomic E-state index is 0.0536. The van der Waals surface area contributed by atoms with E-state index in [0.29, 0.717) is 30.4 Å². The molecule has 2 fully saturated rings. The third-order valence-electron chi connectivity index (χ3n) is 5.64. The average molecular weight is 381 g/mol. The number of ether oxygens (including phenoxy) is 2. The van der Waals surface area contributed by atoms with E-state index in [1.54, 1.807) is 0 Å². The first-order valence-electron chi connectivity index (χ1n) is 8.80. The van der Waals surface area contributed by atoms with Gasteiger partial charge in [0.1, 0.15) is 16.4 Å². The maximum absolute atomic E-state index is 13.3. The SMILES string of the molecule is COc1cc2c(cc1S(=O)(=O)N1CC3CCCC(N)C3C1)OCC(=O)N2. The highest BCUT2D eigenvalue weighted by molar-refractivity contribution is 7.89. The zero-order chi connectivity index (χ0) is 18.5. The Morgan fingerprint density at radius 2 is 2.12 bits per heavy atom. The van der Waals surface area contributed by atoms with Crippen molar-refractivity contribution < 1.29 is 22.7 Å². The summed E-state index contributed by atoms with van der Waals surface area (Å²) < 4.78 is 38.7. The molecule has 2 aliphatic heterocycles. The molecule has 1 aromatic rings. The van der Waals surface area contributed by atoms with E-state index in [4.69, 9.17) is 15.2 Å². The van der Waals surface area contributed by atoms with Gasteiger partial charge in [-0.3, -0.25) is 4.79 Å². The number of sulfonamides is 1. The molecule has 1 saturated carbocycles. The number of nitrogens with zero attached hydrogens (tertiary/aromatic N) is 1. The molecule has 3 atom stereocenters. The van der Waals surface area contributed by atoms with Crippen molar-refractivity contribution in [3.05, 3.63) is 12.1 Å². The number of methoxy groups -OCH3 is 1. The van der Waals surface area contributed by atoms with Crippen molar-refractivity contribution >= 4 is 21.6 Å². The number of benzene rings is 1. The molecule has 3 N–H and O–H groups in total. The van der Waals surface area contributed by atoms with Crippen LogP contribution in [0.2, 0.25) is 0 Å². The van der Waals surface area contributed by atoms with Gasteiger partial charge in [0.05, 0.1) is 12.8 Å². The number of hydrogen-bond donors (Lipinski definition) is 2. The molecule has 2 heterocycles. The molecular formula is C17H23N3O5S. The standard InChI is InChI=1S/C17H23N3O5S/c1-24-15-5-13-14(25-9-17(21)19-13)6-16(15)26(22,23)20-7-10-3-2-4-12(18)11(10)8-20/h5-6,10-12H,2-4,7-9,18H2,1H3,(H,19,21). The summed E-state index contributed by atoms with van der Waals surface area (Å²) in [6.45, 7) is 0.784. The van der Waals surface area contributed by atoms with E-state index in [2.05, 4.69) is 5.32 Å². The summed E-state index contributed by atoms with van der Waals surface area (Å²) >= 11 is 0. The number of hydrogen-bond acceptors (Lipinski definition) is 6. The summed E-state index contributed by atoms with van der Waals surface area (Å²) in [6, 6.07) is 2.98. The number of nitrogens with one attached hydrogen (secondary N) is 1. The largest absolute Gasteiger partial charge is 0.495 e. The van der Waals surface area contributed by atoms with Gasteiger partial charge in [0.25, 0.3) is 5.91 Å². The van der Waals surface area contributed by atoms with Crippen LogP contribution in [0.3, 0.4) is 0 Å². The first kappa shape index (κ1) is 17.6. The van der Waals surface area contributed by atoms with Gasteiger partial charge in [-0.1, -0.05) is 6.42 Å². The fraction of sp³-hybridized carbons (Fsp3) is 0.588. The molecule has 8 nitrogen and oxygen atoms in total. The maximum Gasteiger partial charge on any atom is 0.262 e. The summed E-state index contributed by atoms with van der Waals surface area (Å²) in [7, 11) is -2.34. The Kier molecular flexibility index (Phi) is 4.32. The van der Waals surface area contributed by atoms with Gasteiger partial charge in [-0.25, -0.2) is 8.42 Å². The molecule has 142 valence electrons. The van der Waals surface area contributed by atoms with Crippen LogP contribution in [-0.2, 0) is 14.8 Å². The highest BCUT2D eigenvalue weighted by atomic mass is 32.2. The summed E-state index contributed by atoms with van der Waals surface area (Å²) in [6.07, 6.45) is 3.01. The van der Waals surface area contributed by atoms with Gasteiger partial charge in [-0.2, -0.15) is 4.31 Å². The third kappa shape index (κ3) is 2.83. The van der Waals surface area contributed by atoms with E-state index in [0.717, 1.165) is 19.3 Å². The summed E-state index contributed by atoms with van der Waals surface area (Å²) in [5.74, 6) is 0.754. The molecule has 1 aromatic carbocycles. The van der Waals surface area contributed by atoms with E-state index < -0.39 is 10.0 Å². The second kappa shape index (κ2) is 6.40. The Balaban J connectivity index is 1.69. The fourth-order valence-electron chi connectivity index (χ4n) is 4.26. The molecule has 9 heteroatoms. The Labute approximate surface area is 152 Å². The monoisotopic (exact) mass is 381 g/mol. The van der Waals surface area contributed by atoms with Crippen LogP contribution in [0.4, 0.5) is 5.69 Å². The zero-order valence-corrected chi connectivity index (χ0v) is 15.4. The van der Waals surface area contributed by atoms with Crippen molar-refractivity contribution in [1.29, 1.82) is 0 Å². The van der Waals surface area contributed by atoms with E-state index in [1.165, 1.54) is 23.5 Å². The second-order valence-electron chi connectivity index (χ2n) is 7.18. The summed E-state index contributed by atoms with van der Waals surface area (Å²) in [5, 5.41) is 2.66. The lowest BCUT2D eigenvalue weighted by Gasteiger charge is -2.29. The lowest BCUT2D eigenvalue weighted by atomic mass is 9.78. The van der Waals surface area contributed by atoms with Crippen LogP contribution >= 0.6 is 0 Å². The smallest absolute Gasteiger partial charge is 0.262 e. The van der Waals surface area contributed by atoms with Crippen LogP contribution in [0.25, 0.3) is 0 Å². The van der Waals surface area contributed by atoms with Crippen LogP contribution in [0.1, 0.15) is 19.3 Å². The van der Waals surface area contributed by atoms with Gasteiger partial charge in [0.15, 0.2) is 6.61 Å². The minimum atomic E-state index is -3.75. The predicted octanol–water partition coefficient (Wildman–Crippen LogP) is 0.774. The number of amides is 1. The van der Waals surface area contributed by atoms with Crippen molar-refractivity contribution in [1.82, 2.24) is 4.31 Å². The Morgan fingerprint density at radius 3 is 2.85 bits per heavy atom. The van der Waals surface area contributed by atoms with Crippen molar-refractivity contribution in [2.75, 3.05) is 32.1 Å². The van der Waals surface area contributed by atoms with E-state index in [9.17, 15) is 13.2 Å². The topological polar surface area (TPSA) is 111 Å². The number of carbonyl (C=O) groups excluding carboxylic acids is 1. The first-order valence-corrected chi connectivity index (χ1v) is 10.2. The Bertz CT molecular complexity index is 841. The molecule has 4 rings (SSSR count). The molecule has 1 amide bonds. The van der Waals surface area contributed by atoms with Gasteiger partial charge in [-0.15, -0.1) is 0 Å². The van der Waals surface area contributed by atoms with Crippen LogP contribution in [0, 0.1) is 11.8 Å². The molecule has 26 heavy (non-hydrogen) atoms. The number of anilines is 1. The minimum Gasteiger partial charge on any atom is -0.495 e. The van der Waals surface area contributed by atoms with Gasteiger partial charge in [0, 0.05) is 31.3 Å². The lowest BCUT2D eigenvalue weighted by molar-refractivity contribution is -0.118. The Hall–Kier alpha value is -1.84. The molecular weight excluding hydrogens is 358 g/mol. The van der Waals surface area contributed by atoms with Crippen LogP contribution < -0.4 is 20.5 Å². The van der Waals surface area contributed by atoms with Crippen molar-refractivity contribution in [3.8, 4) is 11.5 Å². The molecule has 1 saturated heterocycles. The molecule has 3 aliphatic rings. The number of carbonyl (C=O) groups is 1. The number of fused-ring (bicyclic) bond motifs is 2. The number of rotatable bonds is 3. The van der Waals surface area contributed by atoms with Crippen LogP contribution in [0.5, 0.6) is 11.5 Å². The van der Waals surface area contributed by atoms with Crippen molar-refractivity contribution in [2.45, 2.75) is 30.2 Å². The Morgan fingerprint density at radius 1 is 1.31 bits per heavy atom. The van der Waals surface area contributed by atoms with Gasteiger partial charge >= 0.3 is 0 Å². The van der Waals surface area contributed by atoms with E-state index in [-0.39, 0.29) is 35.1 Å². The van der Waals surface area contributed by atoms with Crippen molar-refractivity contribution in [3.63, 3.8) is 0 Å². The lowest BCUT2D eigenvalue weighted by Crippen LogP contribution is -2.38. The normalized spacial score (nSPS) is 28.7. The third-order valence-corrected chi connectivity index (χ3v) is 7.49. The molecule has 0 bridgehead atoms. The number of nitrogens with two attached hydrogens (primary N) is 1. The maximum atomic E-state index is 13.3. The molecule has 1 aliphatic carbocycles. The summed E-state index contributed by atoms with van der Waals surface area (Å²) in [5.41, 5.74) is 6.63. The fourth-order valence-corrected chi connectivity index (χ4v) is 5.95. The van der Waals surface area contributed by atoms with Gasteiger partial charge in [0.2, 0.25) is 10.0 Å². The average Bonchev–Trinajstić information content (AvgIpc) is 3.07. The second-order valence-corrected chi connectivity index (χ2v) is 9.08.